The molecule has 0 saturated carbocycles. The fourth-order valence-corrected chi connectivity index (χ4v) is 3.14. The standard InChI is InChI=1S/C16H20ClN3/c1-11-13(10-19-20-11)3-2-6-18-16-8-12-4-5-15(17)7-14(12)9-16/h4-5,7,10,16,18H,2-3,6,8-9H2,1H3,(H,19,20). The highest BCUT2D eigenvalue weighted by Gasteiger charge is 2.20. The van der Waals surface area contributed by atoms with Crippen molar-refractivity contribution >= 4 is 11.6 Å². The van der Waals surface area contributed by atoms with Gasteiger partial charge in [0, 0.05) is 16.8 Å². The van der Waals surface area contributed by atoms with E-state index < -0.39 is 0 Å². The Bertz CT molecular complexity index is 591. The molecule has 0 fully saturated rings. The molecule has 0 saturated heterocycles. The Hall–Kier alpha value is -1.32. The molecule has 0 spiro atoms. The van der Waals surface area contributed by atoms with Crippen LogP contribution < -0.4 is 5.32 Å². The van der Waals surface area contributed by atoms with Gasteiger partial charge in [-0.05, 0) is 68.0 Å². The van der Waals surface area contributed by atoms with Crippen molar-refractivity contribution in [1.29, 1.82) is 0 Å². The van der Waals surface area contributed by atoms with Crippen molar-refractivity contribution in [3.05, 3.63) is 51.8 Å². The summed E-state index contributed by atoms with van der Waals surface area (Å²) in [7, 11) is 0. The Kier molecular flexibility index (Phi) is 4.08. The maximum absolute atomic E-state index is 6.04. The fraction of sp³-hybridized carbons (Fsp3) is 0.438. The minimum absolute atomic E-state index is 0.564. The summed E-state index contributed by atoms with van der Waals surface area (Å²) in [6, 6.07) is 6.82. The van der Waals surface area contributed by atoms with Crippen LogP contribution in [0.1, 0.15) is 28.8 Å². The Balaban J connectivity index is 1.44. The van der Waals surface area contributed by atoms with Crippen molar-refractivity contribution < 1.29 is 0 Å². The number of rotatable bonds is 5. The maximum atomic E-state index is 6.04. The van der Waals surface area contributed by atoms with Gasteiger partial charge >= 0.3 is 0 Å². The number of nitrogens with zero attached hydrogens (tertiary/aromatic N) is 1. The molecule has 4 heteroatoms. The van der Waals surface area contributed by atoms with E-state index in [1.54, 1.807) is 0 Å². The SMILES string of the molecule is Cc1[nH]ncc1CCCNC1Cc2ccc(Cl)cc2C1. The molecule has 0 amide bonds. The first-order valence-corrected chi connectivity index (χ1v) is 7.59. The Morgan fingerprint density at radius 2 is 2.20 bits per heavy atom. The highest BCUT2D eigenvalue weighted by Crippen LogP contribution is 2.25. The summed E-state index contributed by atoms with van der Waals surface area (Å²) >= 11 is 6.04. The van der Waals surface area contributed by atoms with Gasteiger partial charge in [0.15, 0.2) is 0 Å². The molecule has 1 aliphatic carbocycles. The zero-order chi connectivity index (χ0) is 13.9. The molecule has 3 nitrogen and oxygen atoms in total. The minimum atomic E-state index is 0.564. The quantitative estimate of drug-likeness (QED) is 0.831. The lowest BCUT2D eigenvalue weighted by molar-refractivity contribution is 0.523. The summed E-state index contributed by atoms with van der Waals surface area (Å²) in [5.41, 5.74) is 5.36. The molecule has 106 valence electrons. The van der Waals surface area contributed by atoms with Crippen LogP contribution in [-0.4, -0.2) is 22.8 Å². The average Bonchev–Trinajstić information content (AvgIpc) is 3.00. The van der Waals surface area contributed by atoms with Crippen molar-refractivity contribution in [2.45, 2.75) is 38.6 Å². The second kappa shape index (κ2) is 5.98. The molecule has 1 aromatic heterocycles. The lowest BCUT2D eigenvalue weighted by Crippen LogP contribution is -2.30. The van der Waals surface area contributed by atoms with E-state index in [0.717, 1.165) is 37.3 Å². The predicted octanol–water partition coefficient (Wildman–Crippen LogP) is 3.06. The molecule has 0 bridgehead atoms. The van der Waals surface area contributed by atoms with Gasteiger partial charge in [0.25, 0.3) is 0 Å². The third kappa shape index (κ3) is 3.05. The molecular formula is C16H20ClN3. The zero-order valence-corrected chi connectivity index (χ0v) is 12.5. The van der Waals surface area contributed by atoms with Crippen LogP contribution >= 0.6 is 11.6 Å². The largest absolute Gasteiger partial charge is 0.313 e. The van der Waals surface area contributed by atoms with Gasteiger partial charge in [-0.25, -0.2) is 0 Å². The van der Waals surface area contributed by atoms with Gasteiger partial charge in [0.1, 0.15) is 0 Å². The third-order valence-corrected chi connectivity index (χ3v) is 4.33. The fourth-order valence-electron chi connectivity index (χ4n) is 2.94. The molecule has 1 atom stereocenters. The van der Waals surface area contributed by atoms with Crippen LogP contribution in [-0.2, 0) is 19.3 Å². The average molecular weight is 290 g/mol. The van der Waals surface area contributed by atoms with E-state index in [9.17, 15) is 0 Å². The summed E-state index contributed by atoms with van der Waals surface area (Å²) in [5, 5.41) is 11.5. The monoisotopic (exact) mass is 289 g/mol. The molecule has 2 aromatic rings. The number of fused-ring (bicyclic) bond motifs is 1. The van der Waals surface area contributed by atoms with Gasteiger partial charge in [-0.15, -0.1) is 0 Å². The third-order valence-electron chi connectivity index (χ3n) is 4.09. The smallest absolute Gasteiger partial charge is 0.0522 e. The number of nitrogens with one attached hydrogen (secondary N) is 2. The van der Waals surface area contributed by atoms with E-state index in [1.165, 1.54) is 22.4 Å². The van der Waals surface area contributed by atoms with E-state index in [-0.39, 0.29) is 0 Å². The topological polar surface area (TPSA) is 40.7 Å². The lowest BCUT2D eigenvalue weighted by Gasteiger charge is -2.11. The van der Waals surface area contributed by atoms with Crippen molar-refractivity contribution in [1.82, 2.24) is 15.5 Å². The molecule has 2 N–H and O–H groups in total. The molecule has 1 heterocycles. The van der Waals surface area contributed by atoms with Crippen molar-refractivity contribution in [2.24, 2.45) is 0 Å². The van der Waals surface area contributed by atoms with Crippen molar-refractivity contribution in [3.63, 3.8) is 0 Å². The van der Waals surface area contributed by atoms with Crippen LogP contribution in [0.5, 0.6) is 0 Å². The maximum Gasteiger partial charge on any atom is 0.0522 e. The second-order valence-electron chi connectivity index (χ2n) is 5.60. The van der Waals surface area contributed by atoms with E-state index in [2.05, 4.69) is 34.6 Å². The Morgan fingerprint density at radius 3 is 3.00 bits per heavy atom. The van der Waals surface area contributed by atoms with Crippen LogP contribution in [0.4, 0.5) is 0 Å². The summed E-state index contributed by atoms with van der Waals surface area (Å²) in [6.45, 7) is 3.13. The first-order chi connectivity index (χ1) is 9.72. The molecule has 1 aromatic carbocycles. The first-order valence-electron chi connectivity index (χ1n) is 7.22. The van der Waals surface area contributed by atoms with Crippen LogP contribution in [0.25, 0.3) is 0 Å². The molecular weight excluding hydrogens is 270 g/mol. The number of benzene rings is 1. The van der Waals surface area contributed by atoms with Crippen LogP contribution in [0, 0.1) is 6.92 Å². The minimum Gasteiger partial charge on any atom is -0.313 e. The van der Waals surface area contributed by atoms with Crippen molar-refractivity contribution in [3.8, 4) is 0 Å². The lowest BCUT2D eigenvalue weighted by atomic mass is 10.1. The number of hydrogen-bond donors (Lipinski definition) is 2. The van der Waals surface area contributed by atoms with Crippen LogP contribution in [0.15, 0.2) is 24.4 Å². The van der Waals surface area contributed by atoms with Gasteiger partial charge in [-0.2, -0.15) is 5.10 Å². The zero-order valence-electron chi connectivity index (χ0n) is 11.7. The molecule has 20 heavy (non-hydrogen) atoms. The predicted molar refractivity (Wildman–Crippen MR) is 82.3 cm³/mol. The van der Waals surface area contributed by atoms with E-state index in [4.69, 9.17) is 11.6 Å². The summed E-state index contributed by atoms with van der Waals surface area (Å²) in [6.07, 6.45) is 6.38. The molecule has 0 radical (unpaired) electrons. The number of aromatic amines is 1. The Morgan fingerprint density at radius 1 is 1.35 bits per heavy atom. The number of aryl methyl sites for hydroxylation is 2. The summed E-state index contributed by atoms with van der Waals surface area (Å²) in [4.78, 5) is 0. The number of hydrogen-bond acceptors (Lipinski definition) is 2. The van der Waals surface area contributed by atoms with Gasteiger partial charge in [0.05, 0.1) is 6.20 Å². The molecule has 1 unspecified atom stereocenters. The number of halogens is 1. The van der Waals surface area contributed by atoms with Gasteiger partial charge in [-0.1, -0.05) is 17.7 Å². The normalized spacial score (nSPS) is 17.4. The van der Waals surface area contributed by atoms with Crippen LogP contribution in [0.3, 0.4) is 0 Å². The van der Waals surface area contributed by atoms with Gasteiger partial charge in [-0.3, -0.25) is 5.10 Å². The highest BCUT2D eigenvalue weighted by atomic mass is 35.5. The first kappa shape index (κ1) is 13.7. The van der Waals surface area contributed by atoms with Gasteiger partial charge in [0.2, 0.25) is 0 Å². The van der Waals surface area contributed by atoms with Crippen molar-refractivity contribution in [2.75, 3.05) is 6.54 Å². The van der Waals surface area contributed by atoms with Gasteiger partial charge < -0.3 is 5.32 Å². The Labute approximate surface area is 124 Å². The molecule has 1 aliphatic rings. The molecule has 0 aliphatic heterocycles. The van der Waals surface area contributed by atoms with E-state index in [1.807, 2.05) is 12.3 Å². The second-order valence-corrected chi connectivity index (χ2v) is 6.03. The molecule has 3 rings (SSSR count). The van der Waals surface area contributed by atoms with E-state index in [0.29, 0.717) is 6.04 Å². The van der Waals surface area contributed by atoms with Crippen LogP contribution in [0.2, 0.25) is 5.02 Å². The summed E-state index contributed by atoms with van der Waals surface area (Å²) in [5.74, 6) is 0. The number of H-pyrrole nitrogens is 1. The summed E-state index contributed by atoms with van der Waals surface area (Å²) < 4.78 is 0. The number of aromatic nitrogens is 2. The van der Waals surface area contributed by atoms with E-state index >= 15 is 0 Å². The highest BCUT2D eigenvalue weighted by molar-refractivity contribution is 6.30.